The summed E-state index contributed by atoms with van der Waals surface area (Å²) < 4.78 is 23.8. The molecular weight excluding hydrogens is 298 g/mol. The molecule has 0 bridgehead atoms. The van der Waals surface area contributed by atoms with E-state index in [1.165, 1.54) is 0 Å². The molecule has 19 heavy (non-hydrogen) atoms. The zero-order chi connectivity index (χ0) is 14.1. The van der Waals surface area contributed by atoms with Crippen molar-refractivity contribution in [1.29, 1.82) is 0 Å². The Balaban J connectivity index is 2.24. The van der Waals surface area contributed by atoms with Crippen LogP contribution in [-0.4, -0.2) is 34.7 Å². The van der Waals surface area contributed by atoms with Crippen molar-refractivity contribution in [3.8, 4) is 0 Å². The molecular formula is C13H16NO2S3-. The molecule has 104 valence electrons. The highest BCUT2D eigenvalue weighted by molar-refractivity contribution is 8.00. The van der Waals surface area contributed by atoms with Crippen LogP contribution >= 0.6 is 12.2 Å². The third-order valence-corrected chi connectivity index (χ3v) is 5.87. The number of thiocarbonyl (C=S) groups is 1. The lowest BCUT2D eigenvalue weighted by Crippen LogP contribution is -2.49. The molecule has 0 aromatic heterocycles. The quantitative estimate of drug-likeness (QED) is 0.629. The first kappa shape index (κ1) is 14.7. The summed E-state index contributed by atoms with van der Waals surface area (Å²) in [6.07, 6.45) is 0.582. The molecule has 1 aliphatic rings. The zero-order valence-corrected chi connectivity index (χ0v) is 13.2. The molecule has 1 heterocycles. The maximum Gasteiger partial charge on any atom is 0.152 e. The number of sulfone groups is 1. The summed E-state index contributed by atoms with van der Waals surface area (Å²) in [7, 11) is -2.97. The van der Waals surface area contributed by atoms with Gasteiger partial charge in [-0.15, -0.1) is 0 Å². The van der Waals surface area contributed by atoms with Crippen molar-refractivity contribution in [3.63, 3.8) is 0 Å². The molecule has 6 heteroatoms. The fourth-order valence-electron chi connectivity index (χ4n) is 2.45. The number of rotatable bonds is 3. The van der Waals surface area contributed by atoms with Gasteiger partial charge in [0, 0.05) is 6.54 Å². The van der Waals surface area contributed by atoms with Gasteiger partial charge in [-0.25, -0.2) is 8.42 Å². The smallest absolute Gasteiger partial charge is 0.152 e. The number of benzene rings is 1. The van der Waals surface area contributed by atoms with E-state index in [4.69, 9.17) is 24.8 Å². The highest BCUT2D eigenvalue weighted by Gasteiger charge is 2.42. The Labute approximate surface area is 125 Å². The van der Waals surface area contributed by atoms with Crippen molar-refractivity contribution in [3.05, 3.63) is 35.9 Å². The van der Waals surface area contributed by atoms with Crippen LogP contribution in [0.4, 0.5) is 0 Å². The molecule has 1 atom stereocenters. The lowest BCUT2D eigenvalue weighted by Gasteiger charge is -2.42. The Bertz CT molecular complexity index is 571. The van der Waals surface area contributed by atoms with E-state index in [0.717, 1.165) is 5.56 Å². The molecule has 1 fully saturated rings. The van der Waals surface area contributed by atoms with Crippen LogP contribution in [0.5, 0.6) is 0 Å². The Morgan fingerprint density at radius 1 is 1.42 bits per heavy atom. The van der Waals surface area contributed by atoms with Crippen molar-refractivity contribution in [1.82, 2.24) is 4.90 Å². The second-order valence-electron chi connectivity index (χ2n) is 5.18. The average molecular weight is 314 g/mol. The largest absolute Gasteiger partial charge is 0.411 e. The van der Waals surface area contributed by atoms with Crippen molar-refractivity contribution in [2.24, 2.45) is 0 Å². The van der Waals surface area contributed by atoms with Gasteiger partial charge in [0.1, 0.15) is 0 Å². The van der Waals surface area contributed by atoms with Crippen LogP contribution in [0.3, 0.4) is 0 Å². The third-order valence-electron chi connectivity index (χ3n) is 3.54. The Morgan fingerprint density at radius 2 is 2.05 bits per heavy atom. The van der Waals surface area contributed by atoms with Crippen LogP contribution in [0.15, 0.2) is 30.3 Å². The molecule has 3 nitrogen and oxygen atoms in total. The van der Waals surface area contributed by atoms with E-state index in [-0.39, 0.29) is 11.5 Å². The van der Waals surface area contributed by atoms with Gasteiger partial charge in [-0.2, -0.15) is 0 Å². The minimum Gasteiger partial charge on any atom is -0.411 e. The molecule has 0 aliphatic carbocycles. The third kappa shape index (κ3) is 3.43. The van der Waals surface area contributed by atoms with Gasteiger partial charge in [0.25, 0.3) is 0 Å². The maximum atomic E-state index is 11.7. The highest BCUT2D eigenvalue weighted by atomic mass is 32.2. The second-order valence-corrected chi connectivity index (χ2v) is 8.39. The summed E-state index contributed by atoms with van der Waals surface area (Å²) in [6.45, 7) is 2.49. The summed E-state index contributed by atoms with van der Waals surface area (Å²) in [4.78, 5) is 1.87. The lowest BCUT2D eigenvalue weighted by atomic mass is 9.99. The van der Waals surface area contributed by atoms with Crippen LogP contribution in [-0.2, 0) is 29.0 Å². The van der Waals surface area contributed by atoms with Crippen LogP contribution in [0.25, 0.3) is 0 Å². The molecule has 0 N–H and O–H groups in total. The minimum atomic E-state index is -2.97. The van der Waals surface area contributed by atoms with Gasteiger partial charge in [0.05, 0.1) is 17.0 Å². The molecule has 1 aromatic carbocycles. The van der Waals surface area contributed by atoms with E-state index < -0.39 is 15.4 Å². The molecule has 2 rings (SSSR count). The highest BCUT2D eigenvalue weighted by Crippen LogP contribution is 2.31. The number of nitrogens with zero attached hydrogens (tertiary/aromatic N) is 1. The van der Waals surface area contributed by atoms with Crippen molar-refractivity contribution in [2.45, 2.75) is 25.4 Å². The Hall–Kier alpha value is -0.720. The van der Waals surface area contributed by atoms with Crippen molar-refractivity contribution in [2.75, 3.05) is 11.5 Å². The predicted octanol–water partition coefficient (Wildman–Crippen LogP) is 1.90. The van der Waals surface area contributed by atoms with Crippen LogP contribution in [0.1, 0.15) is 18.9 Å². The van der Waals surface area contributed by atoms with Crippen LogP contribution in [0.2, 0.25) is 0 Å². The normalized spacial score (nSPS) is 25.1. The summed E-state index contributed by atoms with van der Waals surface area (Å²) in [5, 5.41) is 0. The fraction of sp³-hybridized carbons (Fsp3) is 0.462. The second kappa shape index (κ2) is 5.34. The molecule has 1 aromatic rings. The topological polar surface area (TPSA) is 37.4 Å². The fourth-order valence-corrected chi connectivity index (χ4v) is 5.16. The summed E-state index contributed by atoms with van der Waals surface area (Å²) >= 11 is 10.3. The van der Waals surface area contributed by atoms with Crippen LogP contribution in [0, 0.1) is 0 Å². The molecule has 1 saturated heterocycles. The lowest BCUT2D eigenvalue weighted by molar-refractivity contribution is 0.222. The van der Waals surface area contributed by atoms with Gasteiger partial charge in [0.2, 0.25) is 0 Å². The Kier molecular flexibility index (Phi) is 4.13. The first-order valence-electron chi connectivity index (χ1n) is 6.05. The summed E-state index contributed by atoms with van der Waals surface area (Å²) in [5.74, 6) is 0.344. The number of hydrogen-bond donors (Lipinski definition) is 0. The monoisotopic (exact) mass is 314 g/mol. The molecule has 0 spiro atoms. The Morgan fingerprint density at radius 3 is 2.53 bits per heavy atom. The van der Waals surface area contributed by atoms with Crippen molar-refractivity contribution < 1.29 is 8.42 Å². The van der Waals surface area contributed by atoms with E-state index in [9.17, 15) is 8.42 Å². The van der Waals surface area contributed by atoms with Gasteiger partial charge in [-0.3, -0.25) is 0 Å². The number of hydrogen-bond acceptors (Lipinski definition) is 4. The van der Waals surface area contributed by atoms with E-state index in [1.54, 1.807) is 0 Å². The average Bonchev–Trinajstić information content (AvgIpc) is 2.62. The molecule has 0 radical (unpaired) electrons. The van der Waals surface area contributed by atoms with Gasteiger partial charge in [0.15, 0.2) is 9.84 Å². The summed E-state index contributed by atoms with van der Waals surface area (Å²) in [6, 6.07) is 9.84. The van der Waals surface area contributed by atoms with Crippen LogP contribution < -0.4 is 0 Å². The van der Waals surface area contributed by atoms with E-state index in [0.29, 0.717) is 17.3 Å². The van der Waals surface area contributed by atoms with E-state index in [1.807, 2.05) is 42.2 Å². The maximum absolute atomic E-state index is 11.7. The first-order chi connectivity index (χ1) is 8.82. The van der Waals surface area contributed by atoms with E-state index in [2.05, 4.69) is 0 Å². The molecule has 1 aliphatic heterocycles. The predicted molar refractivity (Wildman–Crippen MR) is 83.6 cm³/mol. The van der Waals surface area contributed by atoms with Gasteiger partial charge >= 0.3 is 0 Å². The van der Waals surface area contributed by atoms with Crippen molar-refractivity contribution >= 4 is 39.0 Å². The van der Waals surface area contributed by atoms with E-state index >= 15 is 0 Å². The molecule has 0 amide bonds. The standard InChI is InChI=1S/C13H17NO2S3/c1-13(7-8-19(15,16)10-13)14(12(17)18)9-11-5-3-2-4-6-11/h2-6H,7-10H2,1H3,(H,17,18)/p-1. The molecule has 1 unspecified atom stereocenters. The SMILES string of the molecule is CC1(N(Cc2ccccc2)C(=S)[S-])CCS(=O)(=O)C1. The zero-order valence-electron chi connectivity index (χ0n) is 10.7. The molecule has 0 saturated carbocycles. The minimum absolute atomic E-state index is 0.129. The van der Waals surface area contributed by atoms with Gasteiger partial charge in [-0.1, -0.05) is 34.7 Å². The van der Waals surface area contributed by atoms with Gasteiger partial charge in [-0.05, 0) is 18.9 Å². The first-order valence-corrected chi connectivity index (χ1v) is 8.69. The summed E-state index contributed by atoms with van der Waals surface area (Å²) in [5.41, 5.74) is 0.605. The van der Waals surface area contributed by atoms with Gasteiger partial charge < -0.3 is 29.7 Å².